The molecule has 0 unspecified atom stereocenters. The summed E-state index contributed by atoms with van der Waals surface area (Å²) in [5, 5.41) is 9.00. The predicted molar refractivity (Wildman–Crippen MR) is 66.9 cm³/mol. The van der Waals surface area contributed by atoms with Gasteiger partial charge in [-0.1, -0.05) is 30.3 Å². The van der Waals surface area contributed by atoms with E-state index in [0.717, 1.165) is 0 Å². The lowest BCUT2D eigenvalue weighted by Crippen LogP contribution is -2.34. The van der Waals surface area contributed by atoms with Gasteiger partial charge in [-0.2, -0.15) is 0 Å². The number of carbonyl (C=O) groups is 1. The number of rotatable bonds is 3. The van der Waals surface area contributed by atoms with Crippen molar-refractivity contribution >= 4 is 17.6 Å². The average Bonchev–Trinajstić information content (AvgIpc) is 2.26. The van der Waals surface area contributed by atoms with E-state index >= 15 is 0 Å². The van der Waals surface area contributed by atoms with Gasteiger partial charge >= 0.3 is 5.97 Å². The van der Waals surface area contributed by atoms with E-state index in [1.807, 2.05) is 6.07 Å². The summed E-state index contributed by atoms with van der Waals surface area (Å²) in [6.07, 6.45) is -1.36. The monoisotopic (exact) mass is 256 g/mol. The molecule has 0 amide bonds. The Morgan fingerprint density at radius 1 is 1.29 bits per heavy atom. The van der Waals surface area contributed by atoms with Gasteiger partial charge in [0, 0.05) is 0 Å². The molecule has 0 saturated heterocycles. The van der Waals surface area contributed by atoms with Crippen molar-refractivity contribution in [2.75, 3.05) is 0 Å². The zero-order valence-corrected chi connectivity index (χ0v) is 10.9. The number of ether oxygens (including phenoxy) is 1. The molecule has 1 aromatic carbocycles. The number of hydrogen-bond acceptors (Lipinski definition) is 3. The van der Waals surface area contributed by atoms with Crippen LogP contribution in [0.3, 0.4) is 0 Å². The van der Waals surface area contributed by atoms with Gasteiger partial charge in [0.05, 0.1) is 5.38 Å². The zero-order valence-electron chi connectivity index (χ0n) is 10.2. The number of carbonyl (C=O) groups excluding carboxylic acids is 1. The number of aliphatic hydroxyl groups excluding tert-OH is 1. The van der Waals surface area contributed by atoms with Gasteiger partial charge in [-0.05, 0) is 26.3 Å². The number of hydrogen-bond donors (Lipinski definition) is 1. The van der Waals surface area contributed by atoms with Gasteiger partial charge in [0.25, 0.3) is 0 Å². The molecule has 0 aliphatic heterocycles. The fraction of sp³-hybridized carbons (Fsp3) is 0.462. The first-order valence-electron chi connectivity index (χ1n) is 5.41. The average molecular weight is 257 g/mol. The molecule has 1 rings (SSSR count). The second-order valence-corrected chi connectivity index (χ2v) is 5.26. The summed E-state index contributed by atoms with van der Waals surface area (Å²) in [5.41, 5.74) is 0.0540. The highest BCUT2D eigenvalue weighted by atomic mass is 35.5. The standard InChI is InChI=1S/C13H17ClO3/c1-13(2,3)17-12(16)11(15)10(14)9-7-5-4-6-8-9/h4-8,10-11,15H,1-3H3/t10-,11+/m0/s1. The fourth-order valence-corrected chi connectivity index (χ4v) is 1.55. The third-order valence-corrected chi connectivity index (χ3v) is 2.53. The highest BCUT2D eigenvalue weighted by Gasteiger charge is 2.30. The molecular formula is C13H17ClO3. The molecule has 2 atom stereocenters. The van der Waals surface area contributed by atoms with Gasteiger partial charge in [-0.3, -0.25) is 0 Å². The van der Waals surface area contributed by atoms with Gasteiger partial charge in [-0.25, -0.2) is 4.79 Å². The van der Waals surface area contributed by atoms with Crippen LogP contribution < -0.4 is 0 Å². The first-order chi connectivity index (χ1) is 7.81. The first-order valence-corrected chi connectivity index (χ1v) is 5.85. The van der Waals surface area contributed by atoms with E-state index in [9.17, 15) is 9.90 Å². The van der Waals surface area contributed by atoms with Crippen molar-refractivity contribution in [2.24, 2.45) is 0 Å². The molecule has 17 heavy (non-hydrogen) atoms. The summed E-state index contributed by atoms with van der Waals surface area (Å²) in [5.74, 6) is -0.707. The molecular weight excluding hydrogens is 240 g/mol. The van der Waals surface area contributed by atoms with Crippen LogP contribution in [0, 0.1) is 0 Å². The molecule has 0 heterocycles. The van der Waals surface area contributed by atoms with Crippen LogP contribution in [0.15, 0.2) is 30.3 Å². The Hall–Kier alpha value is -1.06. The molecule has 0 saturated carbocycles. The number of aliphatic hydroxyl groups is 1. The van der Waals surface area contributed by atoms with Crippen LogP contribution in [0.5, 0.6) is 0 Å². The summed E-state index contributed by atoms with van der Waals surface area (Å²) >= 11 is 6.03. The Labute approximate surface area is 106 Å². The molecule has 1 N–H and O–H groups in total. The lowest BCUT2D eigenvalue weighted by atomic mass is 10.1. The van der Waals surface area contributed by atoms with Crippen LogP contribution in [0.25, 0.3) is 0 Å². The van der Waals surface area contributed by atoms with E-state index in [1.165, 1.54) is 0 Å². The molecule has 0 fully saturated rings. The Bertz CT molecular complexity index is 370. The Balaban J connectivity index is 2.70. The SMILES string of the molecule is CC(C)(C)OC(=O)[C@H](O)[C@@H](Cl)c1ccccc1. The number of halogens is 1. The first kappa shape index (κ1) is 14.0. The molecule has 0 bridgehead atoms. The van der Waals surface area contributed by atoms with Crippen molar-refractivity contribution in [3.63, 3.8) is 0 Å². The smallest absolute Gasteiger partial charge is 0.337 e. The number of alkyl halides is 1. The maximum Gasteiger partial charge on any atom is 0.337 e. The minimum absolute atomic E-state index is 0.634. The molecule has 3 nitrogen and oxygen atoms in total. The summed E-state index contributed by atoms with van der Waals surface area (Å²) in [7, 11) is 0. The molecule has 0 radical (unpaired) electrons. The van der Waals surface area contributed by atoms with E-state index in [4.69, 9.17) is 16.3 Å². The van der Waals surface area contributed by atoms with Crippen molar-refractivity contribution in [1.29, 1.82) is 0 Å². The summed E-state index contributed by atoms with van der Waals surface area (Å²) in [6, 6.07) is 8.95. The van der Waals surface area contributed by atoms with Crippen molar-refractivity contribution in [2.45, 2.75) is 37.9 Å². The van der Waals surface area contributed by atoms with Crippen LogP contribution in [-0.2, 0) is 9.53 Å². The minimum Gasteiger partial charge on any atom is -0.458 e. The molecule has 94 valence electrons. The number of esters is 1. The molecule has 0 aliphatic rings. The fourth-order valence-electron chi connectivity index (χ4n) is 1.30. The van der Waals surface area contributed by atoms with Crippen molar-refractivity contribution in [3.05, 3.63) is 35.9 Å². The molecule has 1 aromatic rings. The lowest BCUT2D eigenvalue weighted by molar-refractivity contribution is -0.165. The van der Waals surface area contributed by atoms with Gasteiger partial charge in [0.2, 0.25) is 0 Å². The van der Waals surface area contributed by atoms with Gasteiger partial charge < -0.3 is 9.84 Å². The van der Waals surface area contributed by atoms with E-state index in [-0.39, 0.29) is 0 Å². The Kier molecular flexibility index (Phi) is 4.54. The van der Waals surface area contributed by atoms with Crippen LogP contribution in [0.2, 0.25) is 0 Å². The normalized spacial score (nSPS) is 15.1. The number of benzene rings is 1. The van der Waals surface area contributed by atoms with Crippen molar-refractivity contribution < 1.29 is 14.6 Å². The van der Waals surface area contributed by atoms with E-state index in [0.29, 0.717) is 5.56 Å². The van der Waals surface area contributed by atoms with Gasteiger partial charge in [0.1, 0.15) is 5.60 Å². The molecule has 4 heteroatoms. The van der Waals surface area contributed by atoms with E-state index in [1.54, 1.807) is 45.0 Å². The third-order valence-electron chi connectivity index (χ3n) is 2.04. The largest absolute Gasteiger partial charge is 0.458 e. The topological polar surface area (TPSA) is 46.5 Å². The van der Waals surface area contributed by atoms with Gasteiger partial charge in [-0.15, -0.1) is 11.6 Å². The van der Waals surface area contributed by atoms with Crippen molar-refractivity contribution in [3.8, 4) is 0 Å². The second-order valence-electron chi connectivity index (χ2n) is 4.79. The lowest BCUT2D eigenvalue weighted by Gasteiger charge is -2.23. The van der Waals surface area contributed by atoms with Crippen molar-refractivity contribution in [1.82, 2.24) is 0 Å². The third kappa shape index (κ3) is 4.36. The van der Waals surface area contributed by atoms with Crippen LogP contribution in [0.1, 0.15) is 31.7 Å². The summed E-state index contributed by atoms with van der Waals surface area (Å²) in [6.45, 7) is 5.22. The predicted octanol–water partition coefficient (Wildman–Crippen LogP) is 2.67. The van der Waals surface area contributed by atoms with Crippen LogP contribution in [0.4, 0.5) is 0 Å². The summed E-state index contributed by atoms with van der Waals surface area (Å²) in [4.78, 5) is 11.6. The quantitative estimate of drug-likeness (QED) is 0.668. The molecule has 0 aromatic heterocycles. The van der Waals surface area contributed by atoms with Crippen LogP contribution >= 0.6 is 11.6 Å². The van der Waals surface area contributed by atoms with Gasteiger partial charge in [0.15, 0.2) is 6.10 Å². The molecule has 0 aliphatic carbocycles. The summed E-state index contributed by atoms with van der Waals surface area (Å²) < 4.78 is 5.07. The maximum atomic E-state index is 11.6. The van der Waals surface area contributed by atoms with E-state index in [2.05, 4.69) is 0 Å². The minimum atomic E-state index is -1.36. The molecule has 0 spiro atoms. The second kappa shape index (κ2) is 5.52. The van der Waals surface area contributed by atoms with Crippen LogP contribution in [-0.4, -0.2) is 22.8 Å². The zero-order chi connectivity index (χ0) is 13.1. The maximum absolute atomic E-state index is 11.6. The Morgan fingerprint density at radius 2 is 1.82 bits per heavy atom. The highest BCUT2D eigenvalue weighted by Crippen LogP contribution is 2.25. The Morgan fingerprint density at radius 3 is 2.29 bits per heavy atom. The highest BCUT2D eigenvalue weighted by molar-refractivity contribution is 6.22. The van der Waals surface area contributed by atoms with E-state index < -0.39 is 23.1 Å².